The molecule has 0 bridgehead atoms. The molecule has 1 aromatic carbocycles. The zero-order valence-electron chi connectivity index (χ0n) is 11.5. The highest BCUT2D eigenvalue weighted by Crippen LogP contribution is 2.18. The van der Waals surface area contributed by atoms with Gasteiger partial charge in [-0.15, -0.1) is 0 Å². The summed E-state index contributed by atoms with van der Waals surface area (Å²) in [5.41, 5.74) is 1.52. The Hall–Kier alpha value is -1.34. The van der Waals surface area contributed by atoms with Gasteiger partial charge in [-0.05, 0) is 38.5 Å². The predicted octanol–water partition coefficient (Wildman–Crippen LogP) is 2.96. The fourth-order valence-corrected chi connectivity index (χ4v) is 2.11. The second-order valence-electron chi connectivity index (χ2n) is 5.02. The number of carbonyl (C=O) groups excluding carboxylic acids is 1. The van der Waals surface area contributed by atoms with Crippen molar-refractivity contribution in [3.05, 3.63) is 29.8 Å². The van der Waals surface area contributed by atoms with Gasteiger partial charge in [0.25, 0.3) is 0 Å². The molecule has 0 N–H and O–H groups in total. The zero-order chi connectivity index (χ0) is 15.3. The third kappa shape index (κ3) is 5.34. The number of amides is 1. The Kier molecular flexibility index (Phi) is 5.76. The van der Waals surface area contributed by atoms with E-state index >= 15 is 0 Å². The summed E-state index contributed by atoms with van der Waals surface area (Å²) < 4.78 is 26.9. The minimum atomic E-state index is -2.51. The lowest BCUT2D eigenvalue weighted by atomic mass is 10.2. The van der Waals surface area contributed by atoms with Crippen LogP contribution < -0.4 is 4.90 Å². The van der Waals surface area contributed by atoms with Gasteiger partial charge in [0.05, 0.1) is 5.69 Å². The van der Waals surface area contributed by atoms with E-state index < -0.39 is 22.0 Å². The Bertz CT molecular complexity index is 594. The van der Waals surface area contributed by atoms with Crippen molar-refractivity contribution >= 4 is 43.5 Å². The summed E-state index contributed by atoms with van der Waals surface area (Å²) in [6, 6.07) is 6.90. The number of halogens is 1. The van der Waals surface area contributed by atoms with Crippen LogP contribution in [0.5, 0.6) is 0 Å². The van der Waals surface area contributed by atoms with E-state index in [0.29, 0.717) is 11.0 Å². The number of anilines is 1. The number of alkyl halides is 1. The van der Waals surface area contributed by atoms with Gasteiger partial charge in [0.15, 0.2) is 0 Å². The number of nitrogens with zero attached hydrogens (tertiary/aromatic N) is 1. The molecule has 0 aliphatic heterocycles. The average molecular weight is 362 g/mol. The second-order valence-corrected chi connectivity index (χ2v) is 6.31. The molecule has 7 heteroatoms. The summed E-state index contributed by atoms with van der Waals surface area (Å²) in [6.07, 6.45) is -0.742. The highest BCUT2D eigenvalue weighted by Gasteiger charge is 2.22. The lowest BCUT2D eigenvalue weighted by molar-refractivity contribution is 0.0606. The largest absolute Gasteiger partial charge is 0.443 e. The van der Waals surface area contributed by atoms with E-state index in [0.717, 1.165) is 16.0 Å². The smallest absolute Gasteiger partial charge is 0.419 e. The van der Waals surface area contributed by atoms with E-state index in [1.54, 1.807) is 45.0 Å². The SMILES string of the molecule is CC(C)(C)OC(=O)N(C=S(=O)=O)c1ccc(CBr)cc1. The summed E-state index contributed by atoms with van der Waals surface area (Å²) in [5, 5.41) is 0.677. The Labute approximate surface area is 128 Å². The van der Waals surface area contributed by atoms with Gasteiger partial charge in [-0.3, -0.25) is 0 Å². The maximum Gasteiger partial charge on any atom is 0.419 e. The van der Waals surface area contributed by atoms with Crippen LogP contribution in [-0.2, 0) is 20.4 Å². The summed E-state index contributed by atoms with van der Waals surface area (Å²) in [7, 11) is -2.51. The Balaban J connectivity index is 3.12. The van der Waals surface area contributed by atoms with Gasteiger partial charge in [0.2, 0.25) is 10.3 Å². The molecule has 0 aliphatic carbocycles. The number of carbonyl (C=O) groups is 1. The van der Waals surface area contributed by atoms with Gasteiger partial charge < -0.3 is 4.74 Å². The molecule has 0 radical (unpaired) electrons. The third-order valence-corrected chi connectivity index (χ3v) is 3.18. The number of ether oxygens (including phenoxy) is 1. The third-order valence-electron chi connectivity index (χ3n) is 2.15. The van der Waals surface area contributed by atoms with Gasteiger partial charge in [0.1, 0.15) is 11.1 Å². The molecule has 0 aliphatic rings. The molecular formula is C13H16BrNO4S. The minimum Gasteiger partial charge on any atom is -0.443 e. The van der Waals surface area contributed by atoms with Crippen LogP contribution in [0.15, 0.2) is 24.3 Å². The van der Waals surface area contributed by atoms with E-state index in [1.165, 1.54) is 0 Å². The van der Waals surface area contributed by atoms with Crippen LogP contribution in [0.25, 0.3) is 0 Å². The van der Waals surface area contributed by atoms with E-state index in [-0.39, 0.29) is 0 Å². The topological polar surface area (TPSA) is 63.7 Å². The van der Waals surface area contributed by atoms with Crippen molar-refractivity contribution in [1.29, 1.82) is 0 Å². The van der Waals surface area contributed by atoms with Gasteiger partial charge in [-0.25, -0.2) is 9.69 Å². The van der Waals surface area contributed by atoms with Crippen molar-refractivity contribution in [3.8, 4) is 0 Å². The van der Waals surface area contributed by atoms with Crippen LogP contribution in [0, 0.1) is 0 Å². The molecule has 1 aromatic rings. The normalized spacial score (nSPS) is 10.8. The first-order chi connectivity index (χ1) is 9.23. The lowest BCUT2D eigenvalue weighted by Crippen LogP contribution is -2.36. The van der Waals surface area contributed by atoms with E-state index in [1.807, 2.05) is 0 Å². The molecule has 1 rings (SSSR count). The monoisotopic (exact) mass is 361 g/mol. The zero-order valence-corrected chi connectivity index (χ0v) is 13.9. The Morgan fingerprint density at radius 2 is 1.85 bits per heavy atom. The first-order valence-electron chi connectivity index (χ1n) is 5.83. The van der Waals surface area contributed by atoms with Crippen molar-refractivity contribution in [1.82, 2.24) is 0 Å². The molecule has 5 nitrogen and oxygen atoms in total. The number of hydrogen-bond donors (Lipinski definition) is 0. The molecule has 1 amide bonds. The van der Waals surface area contributed by atoms with E-state index in [2.05, 4.69) is 15.9 Å². The first-order valence-corrected chi connectivity index (χ1v) is 8.09. The maximum atomic E-state index is 12.0. The van der Waals surface area contributed by atoms with Crippen molar-refractivity contribution in [3.63, 3.8) is 0 Å². The average Bonchev–Trinajstić information content (AvgIpc) is 2.34. The van der Waals surface area contributed by atoms with Crippen molar-refractivity contribution in [2.75, 3.05) is 4.90 Å². The fourth-order valence-electron chi connectivity index (χ4n) is 1.35. The highest BCUT2D eigenvalue weighted by molar-refractivity contribution is 9.08. The Morgan fingerprint density at radius 3 is 2.25 bits per heavy atom. The van der Waals surface area contributed by atoms with E-state index in [9.17, 15) is 13.2 Å². The molecule has 20 heavy (non-hydrogen) atoms. The van der Waals surface area contributed by atoms with Crippen LogP contribution in [0.3, 0.4) is 0 Å². The molecule has 0 atom stereocenters. The maximum absolute atomic E-state index is 12.0. The minimum absolute atomic E-state index is 0.424. The van der Waals surface area contributed by atoms with Crippen LogP contribution in [0.1, 0.15) is 26.3 Å². The predicted molar refractivity (Wildman–Crippen MR) is 82.8 cm³/mol. The number of rotatable bonds is 3. The quantitative estimate of drug-likeness (QED) is 0.613. The highest BCUT2D eigenvalue weighted by atomic mass is 79.9. The van der Waals surface area contributed by atoms with Gasteiger partial charge in [-0.1, -0.05) is 28.1 Å². The van der Waals surface area contributed by atoms with Gasteiger partial charge >= 0.3 is 6.09 Å². The van der Waals surface area contributed by atoms with E-state index in [4.69, 9.17) is 4.74 Å². The molecule has 0 saturated heterocycles. The molecule has 0 aromatic heterocycles. The standard InChI is InChI=1S/C13H16BrNO4S/c1-13(2,3)19-12(16)15(9-20(17)18)11-6-4-10(8-14)5-7-11/h4-7,9H,8H2,1-3H3. The molecule has 0 heterocycles. The van der Waals surface area contributed by atoms with Crippen LogP contribution >= 0.6 is 15.9 Å². The number of hydrogen-bond acceptors (Lipinski definition) is 4. The van der Waals surface area contributed by atoms with Gasteiger partial charge in [0, 0.05) is 5.33 Å². The molecule has 110 valence electrons. The summed E-state index contributed by atoms with van der Waals surface area (Å²) in [6.45, 7) is 5.14. The molecule has 0 saturated carbocycles. The second kappa shape index (κ2) is 6.90. The van der Waals surface area contributed by atoms with Crippen molar-refractivity contribution in [2.45, 2.75) is 31.7 Å². The molecule has 0 spiro atoms. The first kappa shape index (κ1) is 16.7. The van der Waals surface area contributed by atoms with Crippen molar-refractivity contribution in [2.24, 2.45) is 0 Å². The fraction of sp³-hybridized carbons (Fsp3) is 0.385. The van der Waals surface area contributed by atoms with Gasteiger partial charge in [-0.2, -0.15) is 8.42 Å². The molecule has 0 fully saturated rings. The molecule has 0 unspecified atom stereocenters. The van der Waals surface area contributed by atoms with Crippen molar-refractivity contribution < 1.29 is 17.9 Å². The van der Waals surface area contributed by atoms with Crippen LogP contribution in [-0.4, -0.2) is 25.6 Å². The summed E-state index contributed by atoms with van der Waals surface area (Å²) >= 11 is 3.32. The lowest BCUT2D eigenvalue weighted by Gasteiger charge is -2.24. The summed E-state index contributed by atoms with van der Waals surface area (Å²) in [5.74, 6) is 0. The number of benzene rings is 1. The molecular weight excluding hydrogens is 346 g/mol. The summed E-state index contributed by atoms with van der Waals surface area (Å²) in [4.78, 5) is 13.0. The Morgan fingerprint density at radius 1 is 1.30 bits per heavy atom. The van der Waals surface area contributed by atoms with Crippen LogP contribution in [0.2, 0.25) is 0 Å². The van der Waals surface area contributed by atoms with Crippen LogP contribution in [0.4, 0.5) is 10.5 Å².